The number of Topliss-reactive ketones (excluding diaryl/α,β-unsaturated/α-hetero) is 1. The second kappa shape index (κ2) is 12.4. The zero-order chi connectivity index (χ0) is 35.4. The molecule has 3 aliphatic carbocycles. The van der Waals surface area contributed by atoms with Crippen LogP contribution < -0.4 is 10.5 Å². The van der Waals surface area contributed by atoms with Crippen LogP contribution in [0.3, 0.4) is 0 Å². The molecule has 6 atom stereocenters. The number of nitrogens with zero attached hydrogens (tertiary/aromatic N) is 1. The van der Waals surface area contributed by atoms with Crippen LogP contribution in [0.15, 0.2) is 127 Å². The monoisotopic (exact) mass is 678 g/mol. The van der Waals surface area contributed by atoms with E-state index < -0.39 is 52.8 Å². The van der Waals surface area contributed by atoms with E-state index in [1.165, 1.54) is 12.1 Å². The number of hydrogen-bond acceptors (Lipinski definition) is 7. The lowest BCUT2D eigenvalue weighted by Crippen LogP contribution is -2.58. The van der Waals surface area contributed by atoms with Gasteiger partial charge in [-0.25, -0.2) is 4.79 Å². The van der Waals surface area contributed by atoms with E-state index in [0.717, 1.165) is 5.56 Å². The second-order valence-corrected chi connectivity index (χ2v) is 13.6. The minimum absolute atomic E-state index is 0.0673. The number of benzene rings is 4. The number of primary amides is 1. The number of phenolic OH excluding ortho intramolecular Hbond substituents is 1. The van der Waals surface area contributed by atoms with Gasteiger partial charge in [0.2, 0.25) is 11.8 Å². The van der Waals surface area contributed by atoms with Crippen LogP contribution in [0.2, 0.25) is 0 Å². The number of carbonyl (C=O) groups is 5. The third-order valence-electron chi connectivity index (χ3n) is 11.2. The van der Waals surface area contributed by atoms with Crippen molar-refractivity contribution in [2.75, 3.05) is 0 Å². The Bertz CT molecular complexity index is 2160. The van der Waals surface area contributed by atoms with Gasteiger partial charge in [-0.3, -0.25) is 19.2 Å². The second-order valence-electron chi connectivity index (χ2n) is 13.6. The Balaban J connectivity index is 1.33. The van der Waals surface area contributed by atoms with Crippen LogP contribution in [0.4, 0.5) is 4.79 Å². The summed E-state index contributed by atoms with van der Waals surface area (Å²) in [4.78, 5) is 70.2. The van der Waals surface area contributed by atoms with E-state index >= 15 is 4.79 Å². The number of imide groups is 3. The van der Waals surface area contributed by atoms with Crippen LogP contribution in [0, 0.1) is 23.7 Å². The number of phenols is 1. The molecule has 8 rings (SSSR count). The molecule has 3 N–H and O–H groups in total. The summed E-state index contributed by atoms with van der Waals surface area (Å²) in [5, 5.41) is 11.9. The van der Waals surface area contributed by atoms with E-state index in [2.05, 4.69) is 0 Å². The predicted octanol–water partition coefficient (Wildman–Crippen LogP) is 5.87. The van der Waals surface area contributed by atoms with E-state index in [1.54, 1.807) is 36.4 Å². The van der Waals surface area contributed by atoms with Gasteiger partial charge in [-0.1, -0.05) is 109 Å². The fourth-order valence-electron chi connectivity index (χ4n) is 9.03. The molecule has 9 nitrogen and oxygen atoms in total. The van der Waals surface area contributed by atoms with Crippen molar-refractivity contribution in [3.8, 4) is 11.5 Å². The molecule has 4 aliphatic rings. The Labute approximate surface area is 294 Å². The van der Waals surface area contributed by atoms with Crippen molar-refractivity contribution in [1.29, 1.82) is 0 Å². The van der Waals surface area contributed by atoms with Gasteiger partial charge >= 0.3 is 6.03 Å². The van der Waals surface area contributed by atoms with Crippen LogP contribution in [-0.4, -0.2) is 39.4 Å². The summed E-state index contributed by atoms with van der Waals surface area (Å²) in [5.41, 5.74) is 7.44. The maximum Gasteiger partial charge on any atom is 0.328 e. The highest BCUT2D eigenvalue weighted by Crippen LogP contribution is 2.64. The lowest BCUT2D eigenvalue weighted by Gasteiger charge is -2.55. The van der Waals surface area contributed by atoms with Gasteiger partial charge in [0.15, 0.2) is 11.6 Å². The summed E-state index contributed by atoms with van der Waals surface area (Å²) in [6.45, 7) is 0.266. The summed E-state index contributed by atoms with van der Waals surface area (Å²) >= 11 is 0. The molecule has 1 heterocycles. The molecule has 0 radical (unpaired) electrons. The molecule has 51 heavy (non-hydrogen) atoms. The SMILES string of the molecule is NC(=O)N1C(=O)C2CC=C3C(CC4C(=O)C(c5ccccc5)=CC(=O)C4(c4ccccc4)C3c3ccc(OCc4ccccc4)cc3O)C2C1=O. The van der Waals surface area contributed by atoms with Crippen molar-refractivity contribution in [2.24, 2.45) is 29.4 Å². The Hall–Kier alpha value is -6.09. The summed E-state index contributed by atoms with van der Waals surface area (Å²) < 4.78 is 6.02. The third-order valence-corrected chi connectivity index (χ3v) is 11.2. The molecular weight excluding hydrogens is 644 g/mol. The molecule has 2 fully saturated rings. The van der Waals surface area contributed by atoms with E-state index in [4.69, 9.17) is 10.5 Å². The molecule has 1 saturated carbocycles. The Morgan fingerprint density at radius 2 is 1.51 bits per heavy atom. The Morgan fingerprint density at radius 3 is 2.18 bits per heavy atom. The highest BCUT2D eigenvalue weighted by Gasteiger charge is 2.66. The number of ether oxygens (including phenoxy) is 1. The molecular formula is C42H34N2O7. The number of carbonyl (C=O) groups excluding carboxylic acids is 5. The smallest absolute Gasteiger partial charge is 0.328 e. The number of rotatable bonds is 6. The van der Waals surface area contributed by atoms with E-state index in [-0.39, 0.29) is 42.3 Å². The van der Waals surface area contributed by atoms with Crippen LogP contribution in [0.25, 0.3) is 5.57 Å². The molecule has 254 valence electrons. The maximum absolute atomic E-state index is 15.1. The van der Waals surface area contributed by atoms with Crippen LogP contribution in [0.5, 0.6) is 11.5 Å². The summed E-state index contributed by atoms with van der Waals surface area (Å²) in [7, 11) is 0. The number of allylic oxidation sites excluding steroid dienone is 4. The first-order chi connectivity index (χ1) is 24.7. The van der Waals surface area contributed by atoms with Gasteiger partial charge in [-0.15, -0.1) is 0 Å². The van der Waals surface area contributed by atoms with Gasteiger partial charge in [0, 0.05) is 29.0 Å². The number of ketones is 2. The van der Waals surface area contributed by atoms with Crippen LogP contribution in [-0.2, 0) is 31.2 Å². The van der Waals surface area contributed by atoms with Gasteiger partial charge in [0.25, 0.3) is 0 Å². The normalized spacial score (nSPS) is 26.8. The number of nitrogens with two attached hydrogens (primary N) is 1. The minimum Gasteiger partial charge on any atom is -0.508 e. The predicted molar refractivity (Wildman–Crippen MR) is 187 cm³/mol. The van der Waals surface area contributed by atoms with Crippen molar-refractivity contribution < 1.29 is 33.8 Å². The van der Waals surface area contributed by atoms with Gasteiger partial charge in [-0.05, 0) is 47.6 Å². The molecule has 4 amide bonds. The number of aromatic hydroxyl groups is 1. The van der Waals surface area contributed by atoms with E-state index in [9.17, 15) is 24.3 Å². The van der Waals surface area contributed by atoms with Crippen LogP contribution in [0.1, 0.15) is 41.0 Å². The molecule has 4 aromatic carbocycles. The quantitative estimate of drug-likeness (QED) is 0.192. The Morgan fingerprint density at radius 1 is 0.843 bits per heavy atom. The molecule has 6 unspecified atom stereocenters. The van der Waals surface area contributed by atoms with Gasteiger partial charge in [0.05, 0.1) is 17.3 Å². The topological polar surface area (TPSA) is 144 Å². The minimum atomic E-state index is -1.51. The van der Waals surface area contributed by atoms with Crippen molar-refractivity contribution >= 4 is 35.0 Å². The summed E-state index contributed by atoms with van der Waals surface area (Å²) in [6.07, 6.45) is 3.48. The number of hydrogen-bond donors (Lipinski definition) is 2. The highest BCUT2D eigenvalue weighted by molar-refractivity contribution is 6.31. The average Bonchev–Trinajstić information content (AvgIpc) is 3.41. The largest absolute Gasteiger partial charge is 0.508 e. The average molecular weight is 679 g/mol. The van der Waals surface area contributed by atoms with Crippen molar-refractivity contribution in [1.82, 2.24) is 4.90 Å². The maximum atomic E-state index is 15.1. The fraction of sp³-hybridized carbons (Fsp3) is 0.214. The molecule has 9 heteroatoms. The fourth-order valence-corrected chi connectivity index (χ4v) is 9.03. The first-order valence-electron chi connectivity index (χ1n) is 17.0. The molecule has 0 aromatic heterocycles. The number of urea groups is 1. The van der Waals surface area contributed by atoms with E-state index in [1.807, 2.05) is 72.8 Å². The van der Waals surface area contributed by atoms with Crippen molar-refractivity contribution in [3.05, 3.63) is 149 Å². The summed E-state index contributed by atoms with van der Waals surface area (Å²) in [6, 6.07) is 31.5. The first kappa shape index (κ1) is 32.1. The molecule has 0 bridgehead atoms. The molecule has 0 spiro atoms. The molecule has 4 aromatic rings. The van der Waals surface area contributed by atoms with Crippen LogP contribution >= 0.6 is 0 Å². The first-order valence-corrected chi connectivity index (χ1v) is 17.0. The van der Waals surface area contributed by atoms with Crippen molar-refractivity contribution in [3.63, 3.8) is 0 Å². The van der Waals surface area contributed by atoms with Gasteiger partial charge in [-0.2, -0.15) is 4.90 Å². The number of amides is 4. The summed E-state index contributed by atoms with van der Waals surface area (Å²) in [5.74, 6) is -6.10. The standard InChI is InChI=1S/C42H34N2O7/c43-41(50)44-39(48)30-19-18-28-32(36(30)40(44)49)21-33-38(47)31(25-12-6-2-7-13-25)22-35(46)42(33,26-14-8-3-9-15-26)37(28)29-17-16-27(20-34(29)45)51-23-24-10-4-1-5-11-24/h1-18,20,22,30,32-33,36-37,45H,19,21,23H2,(H2,43,50). The molecule has 1 saturated heterocycles. The molecule has 1 aliphatic heterocycles. The van der Waals surface area contributed by atoms with Gasteiger partial charge < -0.3 is 15.6 Å². The highest BCUT2D eigenvalue weighted by atomic mass is 16.5. The lowest BCUT2D eigenvalue weighted by molar-refractivity contribution is -0.137. The number of fused-ring (bicyclic) bond motifs is 4. The zero-order valence-electron chi connectivity index (χ0n) is 27.5. The van der Waals surface area contributed by atoms with Gasteiger partial charge in [0.1, 0.15) is 18.1 Å². The lowest BCUT2D eigenvalue weighted by atomic mass is 9.44. The van der Waals surface area contributed by atoms with E-state index in [0.29, 0.717) is 32.9 Å². The number of likely N-dealkylation sites (tertiary alicyclic amines) is 1. The van der Waals surface area contributed by atoms with Crippen molar-refractivity contribution in [2.45, 2.75) is 30.8 Å². The Kier molecular flexibility index (Phi) is 7.78. The third kappa shape index (κ3) is 4.94. The zero-order valence-corrected chi connectivity index (χ0v) is 27.5.